The number of aromatic nitrogens is 1. The molecule has 0 unspecified atom stereocenters. The van der Waals surface area contributed by atoms with Gasteiger partial charge in [-0.1, -0.05) is 19.9 Å². The Hall–Kier alpha value is -0.890. The van der Waals surface area contributed by atoms with Crippen LogP contribution in [0.5, 0.6) is 0 Å². The summed E-state index contributed by atoms with van der Waals surface area (Å²) < 4.78 is 0. The number of nitrogens with zero attached hydrogens (tertiary/aromatic N) is 1. The zero-order valence-electron chi connectivity index (χ0n) is 10.3. The van der Waals surface area contributed by atoms with Crippen molar-refractivity contribution < 1.29 is 0 Å². The average molecular weight is 206 g/mol. The van der Waals surface area contributed by atoms with Gasteiger partial charge in [0, 0.05) is 18.3 Å². The Kier molecular flexibility index (Phi) is 4.28. The Morgan fingerprint density at radius 2 is 1.93 bits per heavy atom. The molecule has 0 aliphatic heterocycles. The van der Waals surface area contributed by atoms with Crippen LogP contribution in [0.4, 0.5) is 0 Å². The highest BCUT2D eigenvalue weighted by molar-refractivity contribution is 5.12. The van der Waals surface area contributed by atoms with Gasteiger partial charge in [0.2, 0.25) is 0 Å². The summed E-state index contributed by atoms with van der Waals surface area (Å²) in [4.78, 5) is 4.39. The number of pyridine rings is 1. The van der Waals surface area contributed by atoms with Crippen LogP contribution in [-0.4, -0.2) is 10.5 Å². The fourth-order valence-corrected chi connectivity index (χ4v) is 1.41. The zero-order valence-corrected chi connectivity index (χ0v) is 10.3. The standard InChI is InChI=1S/C13H22N2/c1-5-13(4,6-2)15-10-12-8-7-11(3)9-14-12/h7-9,15H,5-6,10H2,1-4H3. The normalized spacial score (nSPS) is 11.7. The molecule has 2 heteroatoms. The number of hydrogen-bond donors (Lipinski definition) is 1. The predicted octanol–water partition coefficient (Wildman–Crippen LogP) is 3.06. The smallest absolute Gasteiger partial charge is 0.0542 e. The van der Waals surface area contributed by atoms with Crippen molar-refractivity contribution in [3.05, 3.63) is 29.6 Å². The molecule has 1 aromatic rings. The first-order valence-corrected chi connectivity index (χ1v) is 5.76. The van der Waals surface area contributed by atoms with Crippen LogP contribution in [0.2, 0.25) is 0 Å². The van der Waals surface area contributed by atoms with Crippen molar-refractivity contribution in [2.75, 3.05) is 0 Å². The molecule has 1 aromatic heterocycles. The van der Waals surface area contributed by atoms with Gasteiger partial charge >= 0.3 is 0 Å². The van der Waals surface area contributed by atoms with Gasteiger partial charge in [0.15, 0.2) is 0 Å². The molecule has 1 N–H and O–H groups in total. The first kappa shape index (κ1) is 12.2. The monoisotopic (exact) mass is 206 g/mol. The minimum Gasteiger partial charge on any atom is -0.306 e. The summed E-state index contributed by atoms with van der Waals surface area (Å²) in [7, 11) is 0. The van der Waals surface area contributed by atoms with Crippen LogP contribution in [0.25, 0.3) is 0 Å². The van der Waals surface area contributed by atoms with E-state index in [-0.39, 0.29) is 5.54 Å². The summed E-state index contributed by atoms with van der Waals surface area (Å²) in [5.41, 5.74) is 2.58. The van der Waals surface area contributed by atoms with Gasteiger partial charge in [0.25, 0.3) is 0 Å². The summed E-state index contributed by atoms with van der Waals surface area (Å²) in [6, 6.07) is 4.20. The van der Waals surface area contributed by atoms with Crippen LogP contribution in [0.3, 0.4) is 0 Å². The molecule has 0 amide bonds. The summed E-state index contributed by atoms with van der Waals surface area (Å²) in [5, 5.41) is 3.57. The van der Waals surface area contributed by atoms with Gasteiger partial charge in [-0.15, -0.1) is 0 Å². The highest BCUT2D eigenvalue weighted by Crippen LogP contribution is 2.14. The second kappa shape index (κ2) is 5.26. The lowest BCUT2D eigenvalue weighted by molar-refractivity contribution is 0.327. The lowest BCUT2D eigenvalue weighted by Crippen LogP contribution is -2.40. The van der Waals surface area contributed by atoms with E-state index in [4.69, 9.17) is 0 Å². The number of aryl methyl sites for hydroxylation is 1. The van der Waals surface area contributed by atoms with Gasteiger partial charge in [-0.2, -0.15) is 0 Å². The number of hydrogen-bond acceptors (Lipinski definition) is 2. The second-order valence-corrected chi connectivity index (χ2v) is 4.45. The molecule has 0 saturated heterocycles. The van der Waals surface area contributed by atoms with E-state index in [1.54, 1.807) is 0 Å². The molecule has 0 radical (unpaired) electrons. The molecule has 15 heavy (non-hydrogen) atoms. The largest absolute Gasteiger partial charge is 0.306 e. The van der Waals surface area contributed by atoms with E-state index in [0.29, 0.717) is 0 Å². The molecular formula is C13H22N2. The topological polar surface area (TPSA) is 24.9 Å². The van der Waals surface area contributed by atoms with Gasteiger partial charge in [-0.05, 0) is 38.3 Å². The van der Waals surface area contributed by atoms with E-state index in [9.17, 15) is 0 Å². The first-order chi connectivity index (χ1) is 7.09. The third-order valence-corrected chi connectivity index (χ3v) is 3.23. The van der Waals surface area contributed by atoms with Crippen molar-refractivity contribution in [3.63, 3.8) is 0 Å². The van der Waals surface area contributed by atoms with Crippen LogP contribution < -0.4 is 5.32 Å². The minimum atomic E-state index is 0.243. The van der Waals surface area contributed by atoms with Crippen LogP contribution in [0, 0.1) is 6.92 Å². The van der Waals surface area contributed by atoms with Gasteiger partial charge in [0.1, 0.15) is 0 Å². The highest BCUT2D eigenvalue weighted by Gasteiger charge is 2.18. The zero-order chi connectivity index (χ0) is 11.3. The molecule has 84 valence electrons. The maximum Gasteiger partial charge on any atom is 0.0542 e. The molecule has 1 heterocycles. The maximum absolute atomic E-state index is 4.39. The summed E-state index contributed by atoms with van der Waals surface area (Å²) in [6.07, 6.45) is 4.22. The lowest BCUT2D eigenvalue weighted by atomic mass is 9.95. The Bertz CT molecular complexity index is 286. The van der Waals surface area contributed by atoms with Gasteiger partial charge in [0.05, 0.1) is 5.69 Å². The highest BCUT2D eigenvalue weighted by atomic mass is 15.0. The maximum atomic E-state index is 4.39. The van der Waals surface area contributed by atoms with Crippen LogP contribution in [0.15, 0.2) is 18.3 Å². The Labute approximate surface area is 93.1 Å². The molecule has 0 aliphatic carbocycles. The fourth-order valence-electron chi connectivity index (χ4n) is 1.41. The van der Waals surface area contributed by atoms with Crippen LogP contribution in [0.1, 0.15) is 44.9 Å². The quantitative estimate of drug-likeness (QED) is 0.801. The molecule has 0 atom stereocenters. The molecule has 0 aromatic carbocycles. The molecule has 0 bridgehead atoms. The SMILES string of the molecule is CCC(C)(CC)NCc1ccc(C)cn1. The van der Waals surface area contributed by atoms with E-state index in [2.05, 4.69) is 50.1 Å². The van der Waals surface area contributed by atoms with Crippen molar-refractivity contribution in [2.24, 2.45) is 0 Å². The third-order valence-electron chi connectivity index (χ3n) is 3.23. The Morgan fingerprint density at radius 1 is 1.27 bits per heavy atom. The summed E-state index contributed by atoms with van der Waals surface area (Å²) in [5.74, 6) is 0. The Morgan fingerprint density at radius 3 is 2.40 bits per heavy atom. The second-order valence-electron chi connectivity index (χ2n) is 4.45. The predicted molar refractivity (Wildman–Crippen MR) is 64.8 cm³/mol. The minimum absolute atomic E-state index is 0.243. The Balaban J connectivity index is 2.53. The first-order valence-electron chi connectivity index (χ1n) is 5.76. The van der Waals surface area contributed by atoms with Crippen molar-refractivity contribution in [1.82, 2.24) is 10.3 Å². The molecule has 0 fully saturated rings. The van der Waals surface area contributed by atoms with E-state index in [0.717, 1.165) is 25.1 Å². The summed E-state index contributed by atoms with van der Waals surface area (Å²) in [6.45, 7) is 9.63. The van der Waals surface area contributed by atoms with Gasteiger partial charge < -0.3 is 5.32 Å². The third kappa shape index (κ3) is 3.63. The van der Waals surface area contributed by atoms with Crippen molar-refractivity contribution in [2.45, 2.75) is 52.6 Å². The van der Waals surface area contributed by atoms with E-state index in [1.165, 1.54) is 5.56 Å². The number of nitrogens with one attached hydrogen (secondary N) is 1. The van der Waals surface area contributed by atoms with E-state index < -0.39 is 0 Å². The van der Waals surface area contributed by atoms with Crippen molar-refractivity contribution >= 4 is 0 Å². The molecular weight excluding hydrogens is 184 g/mol. The van der Waals surface area contributed by atoms with Gasteiger partial charge in [-0.3, -0.25) is 4.98 Å². The van der Waals surface area contributed by atoms with E-state index in [1.807, 2.05) is 6.20 Å². The average Bonchev–Trinajstić information content (AvgIpc) is 2.28. The molecule has 0 aliphatic rings. The molecule has 1 rings (SSSR count). The van der Waals surface area contributed by atoms with E-state index >= 15 is 0 Å². The molecule has 0 saturated carbocycles. The van der Waals surface area contributed by atoms with Crippen LogP contribution in [-0.2, 0) is 6.54 Å². The van der Waals surface area contributed by atoms with Crippen molar-refractivity contribution in [1.29, 1.82) is 0 Å². The number of rotatable bonds is 5. The molecule has 2 nitrogen and oxygen atoms in total. The lowest BCUT2D eigenvalue weighted by Gasteiger charge is -2.28. The molecule has 0 spiro atoms. The van der Waals surface area contributed by atoms with Crippen LogP contribution >= 0.6 is 0 Å². The van der Waals surface area contributed by atoms with Crippen molar-refractivity contribution in [3.8, 4) is 0 Å². The summed E-state index contributed by atoms with van der Waals surface area (Å²) >= 11 is 0. The van der Waals surface area contributed by atoms with Gasteiger partial charge in [-0.25, -0.2) is 0 Å². The fraction of sp³-hybridized carbons (Fsp3) is 0.615.